The van der Waals surface area contributed by atoms with Crippen molar-refractivity contribution < 1.29 is 9.90 Å². The Morgan fingerprint density at radius 3 is 1.60 bits per heavy atom. The molecular weight excluding hydrogens is 268 g/mol. The largest absolute Gasteiger partial charge is 0.478 e. The van der Waals surface area contributed by atoms with Gasteiger partial charge in [-0.1, -0.05) is 71.1 Å². The van der Waals surface area contributed by atoms with Gasteiger partial charge in [-0.05, 0) is 23.7 Å². The third-order valence-corrected chi connectivity index (χ3v) is 5.44. The van der Waals surface area contributed by atoms with Crippen LogP contribution in [-0.4, -0.2) is 28.8 Å². The minimum atomic E-state index is -0.644. The number of hydrogen-bond donors (Lipinski definition) is 1. The van der Waals surface area contributed by atoms with Crippen molar-refractivity contribution in [3.63, 3.8) is 0 Å². The fourth-order valence-corrected chi connectivity index (χ4v) is 3.74. The third kappa shape index (κ3) is 15.9. The summed E-state index contributed by atoms with van der Waals surface area (Å²) in [4.78, 5) is 10.5. The Morgan fingerprint density at radius 1 is 0.800 bits per heavy atom. The van der Waals surface area contributed by atoms with Gasteiger partial charge in [-0.3, -0.25) is 0 Å². The molecule has 0 heterocycles. The Labute approximate surface area is 129 Å². The Morgan fingerprint density at radius 2 is 1.20 bits per heavy atom. The van der Waals surface area contributed by atoms with Crippen LogP contribution in [0.25, 0.3) is 0 Å². The third-order valence-electron chi connectivity index (χ3n) is 3.72. The van der Waals surface area contributed by atoms with Crippen molar-refractivity contribution in [3.05, 3.63) is 0 Å². The summed E-state index contributed by atoms with van der Waals surface area (Å²) >= 11 is 0. The quantitative estimate of drug-likeness (QED) is 0.341. The summed E-state index contributed by atoms with van der Waals surface area (Å²) in [6, 6.07) is 0. The number of carboxylic acid groups (broad SMARTS) is 1. The number of hydrogen-bond acceptors (Lipinski definition) is 1. The van der Waals surface area contributed by atoms with E-state index in [4.69, 9.17) is 5.11 Å². The summed E-state index contributed by atoms with van der Waals surface area (Å²) in [6.07, 6.45) is 18.5. The molecule has 1 unspecified atom stereocenters. The molecule has 20 heavy (non-hydrogen) atoms. The Bertz CT molecular complexity index is 219. The molecule has 2 nitrogen and oxygen atoms in total. The van der Waals surface area contributed by atoms with Gasteiger partial charge in [-0.2, -0.15) is 0 Å². The van der Waals surface area contributed by atoms with Crippen LogP contribution in [0.5, 0.6) is 0 Å². The average Bonchev–Trinajstić information content (AvgIpc) is 2.39. The highest BCUT2D eigenvalue weighted by Crippen LogP contribution is 2.12. The normalized spacial score (nSPS) is 12.5. The molecule has 3 heteroatoms. The molecule has 1 atom stereocenters. The summed E-state index contributed by atoms with van der Waals surface area (Å²) < 4.78 is 0. The van der Waals surface area contributed by atoms with Gasteiger partial charge in [-0.15, -0.1) is 0 Å². The predicted molar refractivity (Wildman–Crippen MR) is 91.7 cm³/mol. The van der Waals surface area contributed by atoms with E-state index in [0.717, 1.165) is 5.75 Å². The molecule has 0 rings (SSSR count). The Balaban J connectivity index is 3.08. The topological polar surface area (TPSA) is 37.3 Å². The molecule has 0 radical (unpaired) electrons. The summed E-state index contributed by atoms with van der Waals surface area (Å²) in [6.45, 7) is 2.27. The molecule has 0 aliphatic rings. The Hall–Kier alpha value is -0.180. The molecule has 0 saturated heterocycles. The first-order chi connectivity index (χ1) is 9.66. The summed E-state index contributed by atoms with van der Waals surface area (Å²) in [5.74, 6) is 0.816. The zero-order valence-corrected chi connectivity index (χ0v) is 14.5. The van der Waals surface area contributed by atoms with Gasteiger partial charge < -0.3 is 5.11 Å². The molecule has 0 fully saturated rings. The van der Waals surface area contributed by atoms with Crippen molar-refractivity contribution in [1.29, 1.82) is 0 Å². The zero-order chi connectivity index (χ0) is 15.1. The first kappa shape index (κ1) is 19.8. The van der Waals surface area contributed by atoms with Gasteiger partial charge in [0.2, 0.25) is 5.75 Å². The first-order valence-corrected chi connectivity index (χ1v) is 10.4. The van der Waals surface area contributed by atoms with E-state index in [1.165, 1.54) is 77.0 Å². The van der Waals surface area contributed by atoms with Crippen molar-refractivity contribution in [2.75, 3.05) is 17.8 Å². The number of carbonyl (C=O) groups is 1. The van der Waals surface area contributed by atoms with E-state index in [1.807, 2.05) is 0 Å². The van der Waals surface area contributed by atoms with Crippen LogP contribution in [0.15, 0.2) is 0 Å². The second kappa shape index (κ2) is 15.2. The lowest BCUT2D eigenvalue weighted by Crippen LogP contribution is -2.17. The maximum atomic E-state index is 10.5. The lowest BCUT2D eigenvalue weighted by Gasteiger charge is -2.03. The van der Waals surface area contributed by atoms with Crippen LogP contribution in [0.4, 0.5) is 0 Å². The number of rotatable bonds is 15. The highest BCUT2D eigenvalue weighted by atomic mass is 32.2. The fourth-order valence-electron chi connectivity index (χ4n) is 2.47. The maximum Gasteiger partial charge on any atom is 0.353 e. The molecule has 0 aromatic heterocycles. The minimum absolute atomic E-state index is 0.0858. The fraction of sp³-hybridized carbons (Fsp3) is 0.941. The molecule has 1 N–H and O–H groups in total. The number of unbranched alkanes of at least 4 members (excludes halogenated alkanes) is 11. The number of carboxylic acids is 1. The van der Waals surface area contributed by atoms with Gasteiger partial charge in [-0.25, -0.2) is 4.79 Å². The van der Waals surface area contributed by atoms with Gasteiger partial charge >= 0.3 is 5.97 Å². The highest BCUT2D eigenvalue weighted by molar-refractivity contribution is 7.96. The highest BCUT2D eigenvalue weighted by Gasteiger charge is 2.14. The van der Waals surface area contributed by atoms with E-state index in [-0.39, 0.29) is 10.9 Å². The Kier molecular flexibility index (Phi) is 15.1. The van der Waals surface area contributed by atoms with Crippen LogP contribution in [0.1, 0.15) is 84.0 Å². The van der Waals surface area contributed by atoms with Crippen molar-refractivity contribution >= 4 is 16.9 Å². The molecule has 0 aliphatic heterocycles. The van der Waals surface area contributed by atoms with Crippen LogP contribution in [0.2, 0.25) is 0 Å². The van der Waals surface area contributed by atoms with Crippen LogP contribution in [0, 0.1) is 0 Å². The molecule has 120 valence electrons. The van der Waals surface area contributed by atoms with E-state index < -0.39 is 5.97 Å². The molecule has 0 amide bonds. The molecule has 0 bridgehead atoms. The molecule has 0 aromatic carbocycles. The van der Waals surface area contributed by atoms with Gasteiger partial charge in [0.15, 0.2) is 0 Å². The van der Waals surface area contributed by atoms with E-state index in [2.05, 4.69) is 13.2 Å². The van der Waals surface area contributed by atoms with Gasteiger partial charge in [0, 0.05) is 0 Å². The van der Waals surface area contributed by atoms with Crippen LogP contribution < -0.4 is 0 Å². The zero-order valence-electron chi connectivity index (χ0n) is 13.7. The predicted octanol–water partition coefficient (Wildman–Crippen LogP) is 5.02. The van der Waals surface area contributed by atoms with Gasteiger partial charge in [0.25, 0.3) is 0 Å². The van der Waals surface area contributed by atoms with Crippen molar-refractivity contribution in [3.8, 4) is 0 Å². The van der Waals surface area contributed by atoms with Crippen molar-refractivity contribution in [2.24, 2.45) is 0 Å². The lowest BCUT2D eigenvalue weighted by molar-refractivity contribution is -0.133. The summed E-state index contributed by atoms with van der Waals surface area (Å²) in [7, 11) is 0.0858. The van der Waals surface area contributed by atoms with Crippen LogP contribution >= 0.6 is 0 Å². The standard InChI is InChI=1S/C17H34O2S/c1-3-4-5-6-7-8-9-10-11-12-13-14-15-20(2)16-17(18)19/h3-16H2,1-2H3/p+1. The SMILES string of the molecule is CCCCCCCCCCCCCC[S+](C)CC(=O)O. The summed E-state index contributed by atoms with van der Waals surface area (Å²) in [5, 5.41) is 8.68. The van der Waals surface area contributed by atoms with Crippen LogP contribution in [0.3, 0.4) is 0 Å². The van der Waals surface area contributed by atoms with E-state index in [0.29, 0.717) is 5.75 Å². The van der Waals surface area contributed by atoms with Gasteiger partial charge in [0.05, 0.1) is 6.26 Å². The molecule has 0 aliphatic carbocycles. The van der Waals surface area contributed by atoms with E-state index in [9.17, 15) is 4.79 Å². The first-order valence-electron chi connectivity index (χ1n) is 8.47. The molecule has 0 saturated carbocycles. The lowest BCUT2D eigenvalue weighted by atomic mass is 10.1. The summed E-state index contributed by atoms with van der Waals surface area (Å²) in [5.41, 5.74) is 0. The maximum absolute atomic E-state index is 10.5. The van der Waals surface area contributed by atoms with Crippen molar-refractivity contribution in [1.82, 2.24) is 0 Å². The monoisotopic (exact) mass is 303 g/mol. The number of aliphatic carboxylic acids is 1. The van der Waals surface area contributed by atoms with E-state index in [1.54, 1.807) is 0 Å². The minimum Gasteiger partial charge on any atom is -0.478 e. The smallest absolute Gasteiger partial charge is 0.353 e. The molecule has 0 spiro atoms. The van der Waals surface area contributed by atoms with E-state index >= 15 is 0 Å². The van der Waals surface area contributed by atoms with Crippen molar-refractivity contribution in [2.45, 2.75) is 84.0 Å². The average molecular weight is 304 g/mol. The second-order valence-electron chi connectivity index (χ2n) is 5.91. The van der Waals surface area contributed by atoms with Gasteiger partial charge in [0.1, 0.15) is 5.75 Å². The molecular formula is C17H35O2S+. The van der Waals surface area contributed by atoms with Crippen LogP contribution in [-0.2, 0) is 15.7 Å². The molecule has 0 aromatic rings. The second-order valence-corrected chi connectivity index (χ2v) is 8.17.